The molecule has 0 amide bonds. The van der Waals surface area contributed by atoms with Gasteiger partial charge in [-0.15, -0.1) is 0 Å². The highest BCUT2D eigenvalue weighted by Crippen LogP contribution is 2.28. The monoisotopic (exact) mass is 283 g/mol. The number of fused-ring (bicyclic) bond motifs is 1. The Morgan fingerprint density at radius 1 is 1.19 bits per heavy atom. The third-order valence-electron chi connectivity index (χ3n) is 3.53. The quantitative estimate of drug-likeness (QED) is 0.759. The lowest BCUT2D eigenvalue weighted by Gasteiger charge is -2.09. The first-order chi connectivity index (χ1) is 10.1. The molecule has 21 heavy (non-hydrogen) atoms. The van der Waals surface area contributed by atoms with Gasteiger partial charge in [0.05, 0.1) is 5.56 Å². The van der Waals surface area contributed by atoms with Gasteiger partial charge in [0, 0.05) is 10.9 Å². The number of nitrogens with zero attached hydrogens (tertiary/aromatic N) is 1. The molecule has 3 N–H and O–H groups in total. The largest absolute Gasteiger partial charge is 0.383 e. The van der Waals surface area contributed by atoms with Gasteiger partial charge in [0.1, 0.15) is 17.5 Å². The van der Waals surface area contributed by atoms with Crippen LogP contribution in [0.25, 0.3) is 22.2 Å². The minimum Gasteiger partial charge on any atom is -0.383 e. The molecular weight excluding hydrogens is 269 g/mol. The smallest absolute Gasteiger partial charge is 0.256 e. The maximum Gasteiger partial charge on any atom is 0.256 e. The minimum absolute atomic E-state index is 0.213. The molecule has 0 aliphatic heterocycles. The Kier molecular flexibility index (Phi) is 3.17. The van der Waals surface area contributed by atoms with E-state index in [1.807, 2.05) is 13.0 Å². The second kappa shape index (κ2) is 5.01. The molecule has 0 aliphatic rings. The molecule has 4 nitrogen and oxygen atoms in total. The predicted octanol–water partition coefficient (Wildman–Crippen LogP) is 2.87. The highest BCUT2D eigenvalue weighted by Gasteiger charge is 2.12. The second-order valence-corrected chi connectivity index (χ2v) is 4.77. The average molecular weight is 283 g/mol. The number of nitrogen functional groups attached to an aromatic ring is 1. The summed E-state index contributed by atoms with van der Waals surface area (Å²) < 4.78 is 13.8. The summed E-state index contributed by atoms with van der Waals surface area (Å²) in [6.07, 6.45) is 0.513. The van der Waals surface area contributed by atoms with Crippen LogP contribution in [0.4, 0.5) is 10.2 Å². The summed E-state index contributed by atoms with van der Waals surface area (Å²) in [6.45, 7) is 1.84. The lowest BCUT2D eigenvalue weighted by Crippen LogP contribution is -2.17. The zero-order chi connectivity index (χ0) is 15.0. The van der Waals surface area contributed by atoms with E-state index in [-0.39, 0.29) is 17.2 Å². The molecule has 2 aromatic carbocycles. The van der Waals surface area contributed by atoms with Gasteiger partial charge in [0.15, 0.2) is 0 Å². The van der Waals surface area contributed by atoms with Crippen molar-refractivity contribution < 1.29 is 4.39 Å². The summed E-state index contributed by atoms with van der Waals surface area (Å²) in [5.41, 5.74) is 6.70. The van der Waals surface area contributed by atoms with E-state index in [0.29, 0.717) is 34.1 Å². The number of aromatic amines is 1. The van der Waals surface area contributed by atoms with Crippen LogP contribution in [0.2, 0.25) is 0 Å². The van der Waals surface area contributed by atoms with Crippen molar-refractivity contribution in [2.24, 2.45) is 0 Å². The van der Waals surface area contributed by atoms with Crippen molar-refractivity contribution in [3.63, 3.8) is 0 Å². The Hall–Kier alpha value is -2.69. The van der Waals surface area contributed by atoms with Gasteiger partial charge < -0.3 is 10.7 Å². The van der Waals surface area contributed by atoms with Crippen LogP contribution >= 0.6 is 0 Å². The summed E-state index contributed by atoms with van der Waals surface area (Å²) >= 11 is 0. The summed E-state index contributed by atoms with van der Waals surface area (Å²) in [4.78, 5) is 19.0. The molecule has 1 heterocycles. The number of hydrogen-bond donors (Lipinski definition) is 2. The topological polar surface area (TPSA) is 71.8 Å². The van der Waals surface area contributed by atoms with Crippen LogP contribution in [0.3, 0.4) is 0 Å². The number of nitrogens with two attached hydrogens (primary N) is 1. The van der Waals surface area contributed by atoms with Crippen molar-refractivity contribution in [1.29, 1.82) is 0 Å². The molecule has 0 spiro atoms. The van der Waals surface area contributed by atoms with Crippen LogP contribution in [0.15, 0.2) is 41.2 Å². The Balaban J connectivity index is 2.32. The van der Waals surface area contributed by atoms with E-state index >= 15 is 0 Å². The fourth-order valence-corrected chi connectivity index (χ4v) is 2.45. The van der Waals surface area contributed by atoms with Crippen molar-refractivity contribution in [1.82, 2.24) is 9.97 Å². The van der Waals surface area contributed by atoms with Gasteiger partial charge in [0.2, 0.25) is 0 Å². The maximum absolute atomic E-state index is 13.8. The lowest BCUT2D eigenvalue weighted by atomic mass is 10.0. The number of hydrogen-bond acceptors (Lipinski definition) is 3. The van der Waals surface area contributed by atoms with E-state index in [2.05, 4.69) is 9.97 Å². The molecule has 0 radical (unpaired) electrons. The molecule has 0 aliphatic carbocycles. The number of rotatable bonds is 2. The van der Waals surface area contributed by atoms with Crippen LogP contribution in [-0.2, 0) is 6.42 Å². The predicted molar refractivity (Wildman–Crippen MR) is 81.5 cm³/mol. The number of aromatic nitrogens is 2. The summed E-state index contributed by atoms with van der Waals surface area (Å²) in [5, 5.41) is 1.17. The minimum atomic E-state index is -0.310. The molecule has 5 heteroatoms. The molecule has 106 valence electrons. The number of nitrogens with one attached hydrogen (secondary N) is 1. The van der Waals surface area contributed by atoms with Crippen molar-refractivity contribution in [2.75, 3.05) is 5.73 Å². The van der Waals surface area contributed by atoms with E-state index in [1.54, 1.807) is 24.3 Å². The highest BCUT2D eigenvalue weighted by molar-refractivity contribution is 5.95. The van der Waals surface area contributed by atoms with Gasteiger partial charge >= 0.3 is 0 Å². The van der Waals surface area contributed by atoms with Gasteiger partial charge in [-0.1, -0.05) is 31.2 Å². The number of H-pyrrole nitrogens is 1. The third kappa shape index (κ3) is 2.16. The van der Waals surface area contributed by atoms with Gasteiger partial charge in [-0.2, -0.15) is 0 Å². The normalized spacial score (nSPS) is 11.0. The van der Waals surface area contributed by atoms with Gasteiger partial charge in [0.25, 0.3) is 5.56 Å². The summed E-state index contributed by atoms with van der Waals surface area (Å²) in [6, 6.07) is 10.0. The molecule has 3 aromatic rings. The van der Waals surface area contributed by atoms with E-state index in [9.17, 15) is 9.18 Å². The van der Waals surface area contributed by atoms with Gasteiger partial charge in [-0.25, -0.2) is 9.37 Å². The Bertz CT molecular complexity index is 886. The van der Waals surface area contributed by atoms with Crippen molar-refractivity contribution in [2.45, 2.75) is 13.3 Å². The number of benzene rings is 2. The van der Waals surface area contributed by atoms with Crippen molar-refractivity contribution in [3.8, 4) is 11.4 Å². The summed E-state index contributed by atoms with van der Waals surface area (Å²) in [5.74, 6) is 0.255. The molecule has 0 saturated heterocycles. The van der Waals surface area contributed by atoms with E-state index in [4.69, 9.17) is 5.73 Å². The molecule has 3 rings (SSSR count). The van der Waals surface area contributed by atoms with Crippen molar-refractivity contribution in [3.05, 3.63) is 58.1 Å². The molecule has 0 atom stereocenters. The van der Waals surface area contributed by atoms with Crippen LogP contribution in [0.5, 0.6) is 0 Å². The fraction of sp³-hybridized carbons (Fsp3) is 0.125. The number of halogens is 1. The standard InChI is InChI=1S/C16H14FN3O/c1-2-9-14(18)19-15(20-16(9)21)12-7-8-13(17)11-6-4-3-5-10(11)12/h3-8H,2H2,1H3,(H3,18,19,20,21). The lowest BCUT2D eigenvalue weighted by molar-refractivity contribution is 0.640. The van der Waals surface area contributed by atoms with Crippen LogP contribution < -0.4 is 11.3 Å². The average Bonchev–Trinajstić information content (AvgIpc) is 2.47. The Morgan fingerprint density at radius 2 is 1.90 bits per heavy atom. The highest BCUT2D eigenvalue weighted by atomic mass is 19.1. The number of anilines is 1. The Labute approximate surface area is 120 Å². The molecule has 0 saturated carbocycles. The molecule has 0 bridgehead atoms. The Morgan fingerprint density at radius 3 is 2.57 bits per heavy atom. The fourth-order valence-electron chi connectivity index (χ4n) is 2.45. The van der Waals surface area contributed by atoms with E-state index in [1.165, 1.54) is 6.07 Å². The van der Waals surface area contributed by atoms with E-state index < -0.39 is 0 Å². The van der Waals surface area contributed by atoms with E-state index in [0.717, 1.165) is 0 Å². The second-order valence-electron chi connectivity index (χ2n) is 4.77. The van der Waals surface area contributed by atoms with Crippen molar-refractivity contribution >= 4 is 16.6 Å². The molecule has 0 fully saturated rings. The van der Waals surface area contributed by atoms with Crippen LogP contribution in [0, 0.1) is 5.82 Å². The molecular formula is C16H14FN3O. The van der Waals surface area contributed by atoms with Gasteiger partial charge in [-0.05, 0) is 23.9 Å². The van der Waals surface area contributed by atoms with Gasteiger partial charge in [-0.3, -0.25) is 4.79 Å². The van der Waals surface area contributed by atoms with Crippen LogP contribution in [-0.4, -0.2) is 9.97 Å². The zero-order valence-corrected chi connectivity index (χ0v) is 11.5. The molecule has 0 unspecified atom stereocenters. The third-order valence-corrected chi connectivity index (χ3v) is 3.53. The maximum atomic E-state index is 13.8. The molecule has 1 aromatic heterocycles. The first kappa shape index (κ1) is 13.3. The SMILES string of the molecule is CCc1c(N)nc(-c2ccc(F)c3ccccc23)[nH]c1=O. The first-order valence-corrected chi connectivity index (χ1v) is 6.68. The zero-order valence-electron chi connectivity index (χ0n) is 11.5. The summed E-state index contributed by atoms with van der Waals surface area (Å²) in [7, 11) is 0. The first-order valence-electron chi connectivity index (χ1n) is 6.68. The van der Waals surface area contributed by atoms with Crippen LogP contribution in [0.1, 0.15) is 12.5 Å².